The molecule has 0 atom stereocenters. The summed E-state index contributed by atoms with van der Waals surface area (Å²) in [5.74, 6) is -0.293. The van der Waals surface area contributed by atoms with Gasteiger partial charge in [0.2, 0.25) is 0 Å². The third-order valence-corrected chi connectivity index (χ3v) is 5.15. The molecule has 2 rings (SSSR count). The fourth-order valence-corrected chi connectivity index (χ4v) is 2.70. The van der Waals surface area contributed by atoms with E-state index in [4.69, 9.17) is 23.8 Å². The van der Waals surface area contributed by atoms with Gasteiger partial charge >= 0.3 is 0 Å². The topological polar surface area (TPSA) is 41.1 Å². The standard InChI is InChI=1S/C16H14ClIN2OS/c1-9-6-13(7-10(2)14(9)18)19-16(22)20-15(21)11-4-3-5-12(17)8-11/h3-8H,1-2H3,(H2,19,20,21,22). The van der Waals surface area contributed by atoms with Gasteiger partial charge in [0, 0.05) is 19.8 Å². The molecule has 0 aliphatic rings. The molecule has 0 aromatic heterocycles. The van der Waals surface area contributed by atoms with E-state index < -0.39 is 0 Å². The molecule has 0 fully saturated rings. The van der Waals surface area contributed by atoms with Crippen LogP contribution >= 0.6 is 46.4 Å². The number of amides is 1. The number of halogens is 2. The Hall–Kier alpha value is -1.18. The van der Waals surface area contributed by atoms with Crippen LogP contribution in [0.4, 0.5) is 5.69 Å². The number of hydrogen-bond acceptors (Lipinski definition) is 2. The van der Waals surface area contributed by atoms with Crippen LogP contribution in [0.3, 0.4) is 0 Å². The number of benzene rings is 2. The molecule has 0 radical (unpaired) electrons. The number of hydrogen-bond donors (Lipinski definition) is 2. The molecule has 3 nitrogen and oxygen atoms in total. The van der Waals surface area contributed by atoms with Crippen LogP contribution in [-0.4, -0.2) is 11.0 Å². The summed E-state index contributed by atoms with van der Waals surface area (Å²) >= 11 is 13.4. The van der Waals surface area contributed by atoms with Crippen LogP contribution in [-0.2, 0) is 0 Å². The van der Waals surface area contributed by atoms with Crippen LogP contribution < -0.4 is 10.6 Å². The van der Waals surface area contributed by atoms with Crippen LogP contribution in [0.25, 0.3) is 0 Å². The molecule has 0 aliphatic carbocycles. The van der Waals surface area contributed by atoms with Crippen LogP contribution in [0, 0.1) is 17.4 Å². The van der Waals surface area contributed by atoms with E-state index >= 15 is 0 Å². The summed E-state index contributed by atoms with van der Waals surface area (Å²) in [5.41, 5.74) is 3.64. The summed E-state index contributed by atoms with van der Waals surface area (Å²) in [5, 5.41) is 6.44. The molecule has 6 heteroatoms. The normalized spacial score (nSPS) is 10.2. The van der Waals surface area contributed by atoms with Crippen molar-refractivity contribution in [2.75, 3.05) is 5.32 Å². The van der Waals surface area contributed by atoms with E-state index in [9.17, 15) is 4.79 Å². The summed E-state index contributed by atoms with van der Waals surface area (Å²) in [6.07, 6.45) is 0. The van der Waals surface area contributed by atoms with E-state index in [-0.39, 0.29) is 11.0 Å². The Labute approximate surface area is 153 Å². The van der Waals surface area contributed by atoms with E-state index in [1.807, 2.05) is 26.0 Å². The van der Waals surface area contributed by atoms with E-state index in [1.54, 1.807) is 24.3 Å². The number of carbonyl (C=O) groups is 1. The lowest BCUT2D eigenvalue weighted by atomic mass is 10.1. The molecule has 2 aromatic rings. The van der Waals surface area contributed by atoms with Crippen molar-refractivity contribution in [3.63, 3.8) is 0 Å². The van der Waals surface area contributed by atoms with Gasteiger partial charge < -0.3 is 5.32 Å². The van der Waals surface area contributed by atoms with Crippen LogP contribution in [0.15, 0.2) is 36.4 Å². The zero-order valence-electron chi connectivity index (χ0n) is 12.0. The average Bonchev–Trinajstić information content (AvgIpc) is 2.44. The summed E-state index contributed by atoms with van der Waals surface area (Å²) in [6.45, 7) is 4.07. The summed E-state index contributed by atoms with van der Waals surface area (Å²) in [7, 11) is 0. The molecule has 0 saturated carbocycles. The molecular weight excluding hydrogens is 431 g/mol. The maximum atomic E-state index is 12.1. The van der Waals surface area contributed by atoms with Crippen molar-refractivity contribution in [3.05, 3.63) is 61.7 Å². The van der Waals surface area contributed by atoms with Gasteiger partial charge in [0.25, 0.3) is 5.91 Å². The van der Waals surface area contributed by atoms with Gasteiger partial charge in [-0.15, -0.1) is 0 Å². The Balaban J connectivity index is 2.06. The molecule has 2 N–H and O–H groups in total. The molecule has 0 aliphatic heterocycles. The highest BCUT2D eigenvalue weighted by Crippen LogP contribution is 2.21. The molecule has 114 valence electrons. The van der Waals surface area contributed by atoms with Crippen molar-refractivity contribution in [2.24, 2.45) is 0 Å². The number of thiocarbonyl (C=S) groups is 1. The predicted octanol–water partition coefficient (Wildman–Crippen LogP) is 4.69. The molecule has 0 saturated heterocycles. The Morgan fingerprint density at radius 1 is 1.18 bits per heavy atom. The Bertz CT molecular complexity index is 726. The van der Waals surface area contributed by atoms with E-state index in [2.05, 4.69) is 33.2 Å². The van der Waals surface area contributed by atoms with Gasteiger partial charge in [0.15, 0.2) is 5.11 Å². The maximum Gasteiger partial charge on any atom is 0.257 e. The molecule has 2 aromatic carbocycles. The van der Waals surface area contributed by atoms with Gasteiger partial charge in [-0.2, -0.15) is 0 Å². The fraction of sp³-hybridized carbons (Fsp3) is 0.125. The van der Waals surface area contributed by atoms with Crippen molar-refractivity contribution in [1.29, 1.82) is 0 Å². The smallest absolute Gasteiger partial charge is 0.257 e. The van der Waals surface area contributed by atoms with Gasteiger partial charge in [0.1, 0.15) is 0 Å². The minimum Gasteiger partial charge on any atom is -0.332 e. The Morgan fingerprint density at radius 3 is 2.41 bits per heavy atom. The zero-order chi connectivity index (χ0) is 16.3. The Kier molecular flexibility index (Phi) is 5.77. The quantitative estimate of drug-likeness (QED) is 0.522. The maximum absolute atomic E-state index is 12.1. The van der Waals surface area contributed by atoms with Crippen molar-refractivity contribution in [3.8, 4) is 0 Å². The lowest BCUT2D eigenvalue weighted by Crippen LogP contribution is -2.34. The number of aryl methyl sites for hydroxylation is 2. The lowest BCUT2D eigenvalue weighted by molar-refractivity contribution is 0.0977. The third-order valence-electron chi connectivity index (χ3n) is 3.01. The van der Waals surface area contributed by atoms with Crippen molar-refractivity contribution in [1.82, 2.24) is 5.32 Å². The molecule has 0 spiro atoms. The number of carbonyl (C=O) groups excluding carboxylic acids is 1. The summed E-state index contributed by atoms with van der Waals surface area (Å²) in [6, 6.07) is 10.7. The molecule has 22 heavy (non-hydrogen) atoms. The van der Waals surface area contributed by atoms with Gasteiger partial charge in [-0.1, -0.05) is 17.7 Å². The minimum absolute atomic E-state index is 0.255. The third kappa shape index (κ3) is 4.41. The van der Waals surface area contributed by atoms with E-state index in [1.165, 1.54) is 3.57 Å². The molecule has 0 bridgehead atoms. The highest BCUT2D eigenvalue weighted by Gasteiger charge is 2.09. The second-order valence-corrected chi connectivity index (χ2v) is 6.77. The van der Waals surface area contributed by atoms with Crippen molar-refractivity contribution < 1.29 is 4.79 Å². The average molecular weight is 445 g/mol. The highest BCUT2D eigenvalue weighted by atomic mass is 127. The fourth-order valence-electron chi connectivity index (χ4n) is 1.99. The van der Waals surface area contributed by atoms with E-state index in [0.717, 1.165) is 16.8 Å². The second-order valence-electron chi connectivity index (χ2n) is 4.84. The summed E-state index contributed by atoms with van der Waals surface area (Å²) < 4.78 is 1.22. The van der Waals surface area contributed by atoms with Crippen LogP contribution in [0.5, 0.6) is 0 Å². The zero-order valence-corrected chi connectivity index (χ0v) is 15.8. The number of anilines is 1. The monoisotopic (exact) mass is 444 g/mol. The van der Waals surface area contributed by atoms with Gasteiger partial charge in [0.05, 0.1) is 0 Å². The lowest BCUT2D eigenvalue weighted by Gasteiger charge is -2.12. The highest BCUT2D eigenvalue weighted by molar-refractivity contribution is 14.1. The SMILES string of the molecule is Cc1cc(NC(=S)NC(=O)c2cccc(Cl)c2)cc(C)c1I. The van der Waals surface area contributed by atoms with Crippen molar-refractivity contribution >= 4 is 63.1 Å². The van der Waals surface area contributed by atoms with Crippen LogP contribution in [0.2, 0.25) is 5.02 Å². The largest absolute Gasteiger partial charge is 0.332 e. The number of nitrogens with one attached hydrogen (secondary N) is 2. The van der Waals surface area contributed by atoms with Gasteiger partial charge in [-0.05, 0) is 90.1 Å². The minimum atomic E-state index is -0.293. The summed E-state index contributed by atoms with van der Waals surface area (Å²) in [4.78, 5) is 12.1. The second kappa shape index (κ2) is 7.39. The molecular formula is C16H14ClIN2OS. The first-order chi connectivity index (χ1) is 10.4. The van der Waals surface area contributed by atoms with Gasteiger partial charge in [-0.3, -0.25) is 10.1 Å². The first kappa shape index (κ1) is 17.2. The Morgan fingerprint density at radius 2 is 1.82 bits per heavy atom. The predicted molar refractivity (Wildman–Crippen MR) is 104 cm³/mol. The molecule has 0 unspecified atom stereocenters. The van der Waals surface area contributed by atoms with Crippen LogP contribution in [0.1, 0.15) is 21.5 Å². The van der Waals surface area contributed by atoms with Crippen molar-refractivity contribution in [2.45, 2.75) is 13.8 Å². The first-order valence-electron chi connectivity index (χ1n) is 6.51. The molecule has 1 amide bonds. The number of rotatable bonds is 2. The molecule has 0 heterocycles. The van der Waals surface area contributed by atoms with E-state index in [0.29, 0.717) is 10.6 Å². The first-order valence-corrected chi connectivity index (χ1v) is 8.38. The van der Waals surface area contributed by atoms with Gasteiger partial charge in [-0.25, -0.2) is 0 Å².